The van der Waals surface area contributed by atoms with Crippen LogP contribution in [0.3, 0.4) is 0 Å². The summed E-state index contributed by atoms with van der Waals surface area (Å²) in [5.74, 6) is 0.780. The second-order valence-corrected chi connectivity index (χ2v) is 21.0. The van der Waals surface area contributed by atoms with Gasteiger partial charge in [-0.05, 0) is 84.3 Å². The monoisotopic (exact) mass is 962 g/mol. The Hall–Kier alpha value is -5.16. The fourth-order valence-electron chi connectivity index (χ4n) is 6.28. The second-order valence-electron chi connectivity index (χ2n) is 15.7. The van der Waals surface area contributed by atoms with E-state index in [2.05, 4.69) is 39.8 Å². The molecule has 0 aliphatic heterocycles. The summed E-state index contributed by atoms with van der Waals surface area (Å²) in [5, 5.41) is 16.8. The molecule has 0 amide bonds. The van der Waals surface area contributed by atoms with E-state index in [1.807, 2.05) is 39.8 Å². The van der Waals surface area contributed by atoms with Gasteiger partial charge in [-0.2, -0.15) is 0 Å². The lowest BCUT2D eigenvalue weighted by Gasteiger charge is -2.20. The van der Waals surface area contributed by atoms with Crippen molar-refractivity contribution in [2.75, 3.05) is 13.2 Å². The number of pyridine rings is 2. The SMILES string of the molecule is CC(C)C[C@H](NS(=O)(=O)c1ccc(CSc2nnc(-c3ccccn3)o2)cc1)C(=O)CCOCCC(=O)[C@H](CC(C)C)NS(=O)(=O)c1ccc(CSc2nnc(-c3ccccn3)o2)cc1. The van der Waals surface area contributed by atoms with E-state index in [1.54, 1.807) is 60.9 Å². The van der Waals surface area contributed by atoms with E-state index >= 15 is 0 Å². The number of hydrogen-bond acceptors (Lipinski definition) is 17. The highest BCUT2D eigenvalue weighted by Gasteiger charge is 2.28. The van der Waals surface area contributed by atoms with Gasteiger partial charge in [-0.1, -0.05) is 87.6 Å². The normalized spacial score (nSPS) is 13.0. The van der Waals surface area contributed by atoms with Gasteiger partial charge >= 0.3 is 0 Å². The smallest absolute Gasteiger partial charge is 0.277 e. The summed E-state index contributed by atoms with van der Waals surface area (Å²) >= 11 is 2.60. The predicted octanol–water partition coefficient (Wildman–Crippen LogP) is 7.18. The Morgan fingerprint density at radius 3 is 1.34 bits per heavy atom. The van der Waals surface area contributed by atoms with Crippen molar-refractivity contribution < 1.29 is 40.0 Å². The van der Waals surface area contributed by atoms with Crippen LogP contribution in [-0.4, -0.2) is 84.1 Å². The number of Topliss-reactive ketones (excluding diaryl/α,β-unsaturated/α-hetero) is 2. The first-order valence-corrected chi connectivity index (χ1v) is 25.7. The van der Waals surface area contributed by atoms with E-state index in [0.717, 1.165) is 11.1 Å². The van der Waals surface area contributed by atoms with Crippen LogP contribution in [0, 0.1) is 11.8 Å². The molecule has 2 N–H and O–H groups in total. The fraction of sp³-hybridized carbons (Fsp3) is 0.364. The first-order chi connectivity index (χ1) is 31.1. The molecule has 2 atom stereocenters. The molecule has 4 aromatic heterocycles. The van der Waals surface area contributed by atoms with E-state index in [-0.39, 0.29) is 72.1 Å². The zero-order valence-corrected chi connectivity index (χ0v) is 39.5. The average molecular weight is 963 g/mol. The number of benzene rings is 2. The number of aromatic nitrogens is 6. The molecular weight excluding hydrogens is 913 g/mol. The molecule has 344 valence electrons. The van der Waals surface area contributed by atoms with Crippen molar-refractivity contribution in [2.24, 2.45) is 11.8 Å². The van der Waals surface area contributed by atoms with Crippen molar-refractivity contribution >= 4 is 55.1 Å². The third-order valence-corrected chi connectivity index (χ3v) is 14.3. The van der Waals surface area contributed by atoms with Crippen LogP contribution in [0.25, 0.3) is 23.2 Å². The molecule has 21 heteroatoms. The van der Waals surface area contributed by atoms with Crippen LogP contribution in [0.15, 0.2) is 126 Å². The van der Waals surface area contributed by atoms with Crippen LogP contribution in [0.1, 0.15) is 64.5 Å². The molecule has 0 saturated carbocycles. The molecule has 17 nitrogen and oxygen atoms in total. The molecular formula is C44H50N8O9S4. The highest BCUT2D eigenvalue weighted by atomic mass is 32.2. The summed E-state index contributed by atoms with van der Waals surface area (Å²) in [5.41, 5.74) is 2.76. The third kappa shape index (κ3) is 14.9. The summed E-state index contributed by atoms with van der Waals surface area (Å²) in [4.78, 5) is 35.1. The van der Waals surface area contributed by atoms with E-state index in [0.29, 0.717) is 45.1 Å². The van der Waals surface area contributed by atoms with Gasteiger partial charge in [-0.25, -0.2) is 26.3 Å². The van der Waals surface area contributed by atoms with Crippen LogP contribution in [0.4, 0.5) is 0 Å². The summed E-state index contributed by atoms with van der Waals surface area (Å²) in [6.45, 7) is 7.45. The number of nitrogens with zero attached hydrogens (tertiary/aromatic N) is 6. The number of thioether (sulfide) groups is 2. The number of carbonyl (C=O) groups is 2. The van der Waals surface area contributed by atoms with E-state index in [9.17, 15) is 26.4 Å². The topological polar surface area (TPSA) is 239 Å². The molecule has 0 bridgehead atoms. The zero-order valence-electron chi connectivity index (χ0n) is 36.2. The molecule has 6 rings (SSSR count). The van der Waals surface area contributed by atoms with Crippen molar-refractivity contribution in [3.63, 3.8) is 0 Å². The van der Waals surface area contributed by atoms with E-state index in [4.69, 9.17) is 13.6 Å². The predicted molar refractivity (Wildman–Crippen MR) is 244 cm³/mol. The highest BCUT2D eigenvalue weighted by molar-refractivity contribution is 7.98. The molecule has 0 aliphatic carbocycles. The Morgan fingerprint density at radius 2 is 0.985 bits per heavy atom. The lowest BCUT2D eigenvalue weighted by atomic mass is 9.99. The van der Waals surface area contributed by atoms with Gasteiger partial charge in [0, 0.05) is 36.7 Å². The quantitative estimate of drug-likeness (QED) is 0.0404. The van der Waals surface area contributed by atoms with Crippen molar-refractivity contribution in [3.05, 3.63) is 108 Å². The van der Waals surface area contributed by atoms with E-state index in [1.165, 1.54) is 47.8 Å². The number of ketones is 2. The van der Waals surface area contributed by atoms with Gasteiger partial charge in [0.25, 0.3) is 22.2 Å². The molecule has 0 radical (unpaired) electrons. The van der Waals surface area contributed by atoms with Gasteiger partial charge < -0.3 is 13.6 Å². The van der Waals surface area contributed by atoms with Crippen molar-refractivity contribution in [2.45, 2.75) is 97.2 Å². The first kappa shape index (κ1) is 49.3. The minimum absolute atomic E-state index is 0.000975. The summed E-state index contributed by atoms with van der Waals surface area (Å²) < 4.78 is 75.9. The lowest BCUT2D eigenvalue weighted by molar-refractivity contribution is -0.122. The molecule has 2 aromatic carbocycles. The zero-order chi connectivity index (χ0) is 46.4. The van der Waals surface area contributed by atoms with Crippen molar-refractivity contribution in [1.82, 2.24) is 39.8 Å². The number of hydrogen-bond donors (Lipinski definition) is 2. The van der Waals surface area contributed by atoms with E-state index < -0.39 is 32.1 Å². The second kappa shape index (κ2) is 23.3. The largest absolute Gasteiger partial charge is 0.410 e. The van der Waals surface area contributed by atoms with Crippen molar-refractivity contribution in [3.8, 4) is 23.2 Å². The fourth-order valence-corrected chi connectivity index (χ4v) is 10.2. The number of ether oxygens (including phenoxy) is 1. The number of sulfonamides is 2. The highest BCUT2D eigenvalue weighted by Crippen LogP contribution is 2.27. The van der Waals surface area contributed by atoms with Crippen LogP contribution in [-0.2, 0) is 45.9 Å². The van der Waals surface area contributed by atoms with Crippen molar-refractivity contribution in [1.29, 1.82) is 0 Å². The average Bonchev–Trinajstić information content (AvgIpc) is 3.98. The minimum atomic E-state index is -4.06. The number of carbonyl (C=O) groups excluding carboxylic acids is 2. The Bertz CT molecular complexity index is 2500. The molecule has 0 saturated heterocycles. The van der Waals surface area contributed by atoms with Crippen LogP contribution in [0.2, 0.25) is 0 Å². The third-order valence-electron chi connectivity index (χ3n) is 9.54. The van der Waals surface area contributed by atoms with Gasteiger partial charge in [0.05, 0.1) is 35.1 Å². The molecule has 4 heterocycles. The number of rotatable bonds is 26. The summed E-state index contributed by atoms with van der Waals surface area (Å²) in [7, 11) is -8.13. The summed E-state index contributed by atoms with van der Waals surface area (Å²) in [6, 6.07) is 21.4. The minimum Gasteiger partial charge on any atom is -0.410 e. The molecule has 6 aromatic rings. The Morgan fingerprint density at radius 1 is 0.585 bits per heavy atom. The standard InChI is InChI=1S/C44H50N8O9S4/c1-29(2)25-37(51-64(55,56)33-15-11-31(12-16-33)27-62-43-49-47-41(60-43)35-9-5-7-21-45-35)39(53)19-23-59-24-20-40(54)38(26-30(3)4)52-65(57,58)34-17-13-32(14-18-34)28-63-44-50-48-42(61-44)36-10-6-8-22-46-36/h5-18,21-22,29-30,37-38,51-52H,19-20,23-28H2,1-4H3/t37-,38-/m0/s1. The van der Waals surface area contributed by atoms with Crippen LogP contribution < -0.4 is 9.44 Å². The van der Waals surface area contributed by atoms with Gasteiger partial charge in [0.1, 0.15) is 11.4 Å². The van der Waals surface area contributed by atoms with Gasteiger partial charge in [0.2, 0.25) is 20.0 Å². The Balaban J connectivity index is 0.946. The van der Waals surface area contributed by atoms with Gasteiger partial charge in [-0.15, -0.1) is 20.4 Å². The molecule has 0 unspecified atom stereocenters. The maximum absolute atomic E-state index is 13.4. The van der Waals surface area contributed by atoms with Crippen LogP contribution in [0.5, 0.6) is 0 Å². The first-order valence-electron chi connectivity index (χ1n) is 20.8. The molecule has 65 heavy (non-hydrogen) atoms. The molecule has 0 spiro atoms. The van der Waals surface area contributed by atoms with Crippen LogP contribution >= 0.6 is 23.5 Å². The lowest BCUT2D eigenvalue weighted by Crippen LogP contribution is -2.42. The number of nitrogens with one attached hydrogen (secondary N) is 2. The molecule has 0 fully saturated rings. The van der Waals surface area contributed by atoms with Gasteiger partial charge in [0.15, 0.2) is 11.6 Å². The molecule has 0 aliphatic rings. The Labute approximate surface area is 386 Å². The maximum atomic E-state index is 13.4. The maximum Gasteiger partial charge on any atom is 0.277 e. The van der Waals surface area contributed by atoms with Gasteiger partial charge in [-0.3, -0.25) is 19.6 Å². The Kier molecular flexibility index (Phi) is 17.7. The summed E-state index contributed by atoms with van der Waals surface area (Å²) in [6.07, 6.45) is 3.60.